The Labute approximate surface area is 298 Å². The molecule has 4 rings (SSSR count). The van der Waals surface area contributed by atoms with Crippen molar-refractivity contribution in [3.63, 3.8) is 0 Å². The minimum atomic E-state index is 0.0732. The minimum absolute atomic E-state index is 0.0732. The monoisotopic (exact) mass is 690 g/mol. The second-order valence-corrected chi connectivity index (χ2v) is 16.0. The largest absolute Gasteiger partial charge is 0.377 e. The topological polar surface area (TPSA) is 85.9 Å². The lowest BCUT2D eigenvalue weighted by Gasteiger charge is -2.37. The molecule has 0 aromatic rings. The van der Waals surface area contributed by atoms with Gasteiger partial charge in [0.1, 0.15) is 0 Å². The fourth-order valence-corrected chi connectivity index (χ4v) is 7.11. The van der Waals surface area contributed by atoms with E-state index < -0.39 is 0 Å². The van der Waals surface area contributed by atoms with Crippen molar-refractivity contribution in [3.05, 3.63) is 12.2 Å². The van der Waals surface area contributed by atoms with Crippen molar-refractivity contribution in [2.75, 3.05) is 85.1 Å². The molecule has 10 nitrogen and oxygen atoms in total. The van der Waals surface area contributed by atoms with Crippen LogP contribution in [0.2, 0.25) is 0 Å². The molecule has 4 aliphatic heterocycles. The van der Waals surface area contributed by atoms with Crippen LogP contribution in [0.15, 0.2) is 12.2 Å². The van der Waals surface area contributed by atoms with Gasteiger partial charge in [-0.15, -0.1) is 0 Å². The first kappa shape index (κ1) is 41.4. The van der Waals surface area contributed by atoms with Crippen molar-refractivity contribution >= 4 is 17.7 Å². The smallest absolute Gasteiger partial charge is 0.246 e. The van der Waals surface area contributed by atoms with Crippen LogP contribution in [0.3, 0.4) is 0 Å². The van der Waals surface area contributed by atoms with Gasteiger partial charge in [-0.25, -0.2) is 0 Å². The van der Waals surface area contributed by atoms with E-state index in [9.17, 15) is 14.4 Å². The summed E-state index contributed by atoms with van der Waals surface area (Å²) in [6, 6.07) is 0. The Morgan fingerprint density at radius 1 is 0.592 bits per heavy atom. The maximum atomic E-state index is 12.1. The lowest BCUT2D eigenvalue weighted by Crippen LogP contribution is -2.48. The van der Waals surface area contributed by atoms with Gasteiger partial charge in [0.15, 0.2) is 0 Å². The minimum Gasteiger partial charge on any atom is -0.377 e. The van der Waals surface area contributed by atoms with Crippen molar-refractivity contribution in [1.82, 2.24) is 24.5 Å². The summed E-state index contributed by atoms with van der Waals surface area (Å²) in [5.74, 6) is 1.99. The van der Waals surface area contributed by atoms with E-state index in [0.29, 0.717) is 12.0 Å². The van der Waals surface area contributed by atoms with Crippen molar-refractivity contribution in [2.45, 2.75) is 112 Å². The molecule has 4 saturated heterocycles. The third-order valence-corrected chi connectivity index (χ3v) is 10.1. The number of rotatable bonds is 12. The molecule has 0 aromatic heterocycles. The van der Waals surface area contributed by atoms with E-state index in [1.165, 1.54) is 19.6 Å². The first-order valence-electron chi connectivity index (χ1n) is 19.6. The van der Waals surface area contributed by atoms with Crippen molar-refractivity contribution in [2.24, 2.45) is 23.7 Å². The van der Waals surface area contributed by atoms with Gasteiger partial charge in [0, 0.05) is 90.4 Å². The zero-order valence-electron chi connectivity index (χ0n) is 32.4. The Morgan fingerprint density at radius 3 is 1.45 bits per heavy atom. The number of hydrogen-bond donors (Lipinski definition) is 0. The molecular weight excluding hydrogens is 618 g/mol. The van der Waals surface area contributed by atoms with E-state index in [-0.39, 0.29) is 41.8 Å². The quantitative estimate of drug-likeness (QED) is 0.273. The molecule has 4 heterocycles. The number of allylic oxidation sites excluding steroid dienone is 1. The van der Waals surface area contributed by atoms with E-state index in [0.717, 1.165) is 110 Å². The molecule has 49 heavy (non-hydrogen) atoms. The fourth-order valence-electron chi connectivity index (χ4n) is 7.11. The van der Waals surface area contributed by atoms with Gasteiger partial charge in [-0.2, -0.15) is 0 Å². The average molecular weight is 690 g/mol. The summed E-state index contributed by atoms with van der Waals surface area (Å²) in [4.78, 5) is 47.1. The Bertz CT molecular complexity index is 1000. The Kier molecular flexibility index (Phi) is 18.1. The third kappa shape index (κ3) is 15.0. The molecule has 0 aliphatic carbocycles. The number of piperidine rings is 3. The molecule has 4 aliphatic rings. The molecule has 0 atom stereocenters. The highest BCUT2D eigenvalue weighted by atomic mass is 16.5. The highest BCUT2D eigenvalue weighted by Gasteiger charge is 2.29. The Balaban J connectivity index is 0.000000266. The van der Waals surface area contributed by atoms with Gasteiger partial charge in [-0.3, -0.25) is 19.3 Å². The first-order chi connectivity index (χ1) is 23.3. The van der Waals surface area contributed by atoms with Crippen molar-refractivity contribution in [3.8, 4) is 0 Å². The first-order valence-corrected chi connectivity index (χ1v) is 19.6. The zero-order chi connectivity index (χ0) is 35.9. The van der Waals surface area contributed by atoms with Crippen LogP contribution < -0.4 is 0 Å². The predicted molar refractivity (Wildman–Crippen MR) is 197 cm³/mol. The van der Waals surface area contributed by atoms with E-state index in [1.54, 1.807) is 6.08 Å². The number of carbonyl (C=O) groups excluding carboxylic acids is 3. The van der Waals surface area contributed by atoms with Crippen LogP contribution in [0.4, 0.5) is 0 Å². The van der Waals surface area contributed by atoms with Gasteiger partial charge >= 0.3 is 0 Å². The van der Waals surface area contributed by atoms with Gasteiger partial charge in [0.05, 0.1) is 24.9 Å². The molecule has 10 heteroatoms. The molecule has 0 N–H and O–H groups in total. The molecule has 0 unspecified atom stereocenters. The number of hydrogen-bond acceptors (Lipinski definition) is 7. The molecule has 3 amide bonds. The number of nitrogens with zero attached hydrogens (tertiary/aromatic N) is 5. The Hall–Kier alpha value is -2.01. The van der Waals surface area contributed by atoms with Crippen LogP contribution in [0.25, 0.3) is 0 Å². The lowest BCUT2D eigenvalue weighted by molar-refractivity contribution is -0.139. The summed E-state index contributed by atoms with van der Waals surface area (Å²) in [5.41, 5.74) is 0. The van der Waals surface area contributed by atoms with Crippen LogP contribution in [-0.4, -0.2) is 146 Å². The summed E-state index contributed by atoms with van der Waals surface area (Å²) in [7, 11) is 0. The molecule has 0 saturated carbocycles. The predicted octanol–water partition coefficient (Wildman–Crippen LogP) is 4.78. The number of likely N-dealkylation sites (tertiary alicyclic amines) is 3. The Morgan fingerprint density at radius 2 is 1.02 bits per heavy atom. The maximum Gasteiger partial charge on any atom is 0.246 e. The van der Waals surface area contributed by atoms with Crippen LogP contribution in [0, 0.1) is 23.7 Å². The van der Waals surface area contributed by atoms with E-state index in [1.807, 2.05) is 48.5 Å². The SMILES string of the molecule is CC(C)/C=C/C(=O)N1CCC(OC2CCN(C(=O)C(C)C)CC2)CC1.CC(C)CN1CCN(CCOC2CCN(C(=O)C(C)C)CC2)CC1. The zero-order valence-corrected chi connectivity index (χ0v) is 32.4. The average Bonchev–Trinajstić information content (AvgIpc) is 3.08. The summed E-state index contributed by atoms with van der Waals surface area (Å²) < 4.78 is 12.3. The van der Waals surface area contributed by atoms with E-state index in [2.05, 4.69) is 37.5 Å². The van der Waals surface area contributed by atoms with Crippen LogP contribution in [0.1, 0.15) is 93.9 Å². The van der Waals surface area contributed by atoms with Crippen molar-refractivity contribution in [1.29, 1.82) is 0 Å². The second-order valence-electron chi connectivity index (χ2n) is 16.0. The summed E-state index contributed by atoms with van der Waals surface area (Å²) in [6.45, 7) is 29.3. The summed E-state index contributed by atoms with van der Waals surface area (Å²) >= 11 is 0. The van der Waals surface area contributed by atoms with Crippen LogP contribution in [0.5, 0.6) is 0 Å². The van der Waals surface area contributed by atoms with Gasteiger partial charge in [0.25, 0.3) is 0 Å². The normalized spacial score (nSPS) is 21.3. The maximum absolute atomic E-state index is 12.1. The molecule has 0 spiro atoms. The molecule has 4 fully saturated rings. The number of ether oxygens (including phenoxy) is 2. The van der Waals surface area contributed by atoms with Crippen LogP contribution >= 0.6 is 0 Å². The fraction of sp³-hybridized carbons (Fsp3) is 0.872. The van der Waals surface area contributed by atoms with Gasteiger partial charge < -0.3 is 29.1 Å². The summed E-state index contributed by atoms with van der Waals surface area (Å²) in [6.07, 6.45) is 10.1. The second kappa shape index (κ2) is 21.4. The third-order valence-electron chi connectivity index (χ3n) is 10.1. The highest BCUT2D eigenvalue weighted by Crippen LogP contribution is 2.22. The number of carbonyl (C=O) groups is 3. The molecule has 0 bridgehead atoms. The van der Waals surface area contributed by atoms with Gasteiger partial charge in [0.2, 0.25) is 17.7 Å². The van der Waals surface area contributed by atoms with Gasteiger partial charge in [-0.1, -0.05) is 61.5 Å². The standard InChI is InChI=1S/C20H34N2O3.C19H37N3O2/c1-15(2)5-6-19(23)21-11-7-17(8-12-21)25-18-9-13-22(14-10-18)20(24)16(3)4;1-16(2)15-21-11-9-20(10-12-21)13-14-24-18-5-7-22(8-6-18)19(23)17(3)4/h5-6,15-18H,7-14H2,1-4H3;16-18H,5-15H2,1-4H3/b6-5+;. The van der Waals surface area contributed by atoms with Crippen LogP contribution in [-0.2, 0) is 23.9 Å². The van der Waals surface area contributed by atoms with Crippen molar-refractivity contribution < 1.29 is 23.9 Å². The van der Waals surface area contributed by atoms with Gasteiger partial charge in [-0.05, 0) is 56.4 Å². The molecular formula is C39H71N5O5. The summed E-state index contributed by atoms with van der Waals surface area (Å²) in [5, 5.41) is 0. The number of amides is 3. The molecule has 0 radical (unpaired) electrons. The highest BCUT2D eigenvalue weighted by molar-refractivity contribution is 5.87. The van der Waals surface area contributed by atoms with E-state index >= 15 is 0 Å². The number of piperazine rings is 1. The lowest BCUT2D eigenvalue weighted by atomic mass is 10.0. The molecule has 282 valence electrons. The molecule has 0 aromatic carbocycles. The van der Waals surface area contributed by atoms with E-state index in [4.69, 9.17) is 9.47 Å².